The summed E-state index contributed by atoms with van der Waals surface area (Å²) in [5.41, 5.74) is 0.864. The van der Waals surface area contributed by atoms with Crippen LogP contribution in [0, 0.1) is 11.3 Å². The summed E-state index contributed by atoms with van der Waals surface area (Å²) in [7, 11) is 0. The topological polar surface area (TPSA) is 0 Å². The smallest absolute Gasteiger partial charge is 0.0297 e. The molecule has 1 spiro atoms. The molecule has 0 aliphatic heterocycles. The predicted molar refractivity (Wildman–Crippen MR) is 67.0 cm³/mol. The SMILES string of the molecule is CCC1CCCCCCC2(CCC1)CC2. The third kappa shape index (κ3) is 3.50. The monoisotopic (exact) mass is 208 g/mol. The van der Waals surface area contributed by atoms with Crippen LogP contribution >= 0.6 is 0 Å². The maximum Gasteiger partial charge on any atom is -0.0297 e. The maximum atomic E-state index is 2.39. The van der Waals surface area contributed by atoms with E-state index in [1.165, 1.54) is 51.4 Å². The molecule has 0 saturated heterocycles. The van der Waals surface area contributed by atoms with Crippen LogP contribution in [0.15, 0.2) is 0 Å². The fourth-order valence-corrected chi connectivity index (χ4v) is 3.41. The van der Waals surface area contributed by atoms with Crippen molar-refractivity contribution in [2.45, 2.75) is 84.0 Å². The molecule has 2 fully saturated rings. The first-order valence-electron chi connectivity index (χ1n) is 7.35. The first kappa shape index (κ1) is 11.5. The van der Waals surface area contributed by atoms with Gasteiger partial charge >= 0.3 is 0 Å². The molecular weight excluding hydrogens is 180 g/mol. The van der Waals surface area contributed by atoms with E-state index in [2.05, 4.69) is 6.92 Å². The molecule has 0 bridgehead atoms. The molecule has 0 aromatic heterocycles. The summed E-state index contributed by atoms with van der Waals surface area (Å²) in [6, 6.07) is 0. The van der Waals surface area contributed by atoms with Gasteiger partial charge in [0.2, 0.25) is 0 Å². The van der Waals surface area contributed by atoms with E-state index < -0.39 is 0 Å². The quantitative estimate of drug-likeness (QED) is 0.547. The Labute approximate surface area is 95.8 Å². The highest BCUT2D eigenvalue weighted by atomic mass is 14.5. The summed E-state index contributed by atoms with van der Waals surface area (Å²) in [5, 5.41) is 0. The molecule has 0 nitrogen and oxygen atoms in total. The number of rotatable bonds is 1. The summed E-state index contributed by atoms with van der Waals surface area (Å²) in [5.74, 6) is 1.05. The van der Waals surface area contributed by atoms with Crippen LogP contribution in [0.2, 0.25) is 0 Å². The van der Waals surface area contributed by atoms with Crippen LogP contribution in [-0.4, -0.2) is 0 Å². The van der Waals surface area contributed by atoms with Crippen LogP contribution in [-0.2, 0) is 0 Å². The molecule has 1 atom stereocenters. The minimum absolute atomic E-state index is 0.864. The van der Waals surface area contributed by atoms with Crippen LogP contribution in [0.25, 0.3) is 0 Å². The molecule has 2 aliphatic rings. The van der Waals surface area contributed by atoms with E-state index in [0.29, 0.717) is 0 Å². The molecule has 0 amide bonds. The van der Waals surface area contributed by atoms with Gasteiger partial charge in [-0.25, -0.2) is 0 Å². The highest BCUT2D eigenvalue weighted by Gasteiger charge is 2.40. The van der Waals surface area contributed by atoms with Gasteiger partial charge in [0, 0.05) is 0 Å². The Bertz CT molecular complexity index is 178. The van der Waals surface area contributed by atoms with Gasteiger partial charge in [0.1, 0.15) is 0 Å². The second-order valence-corrected chi connectivity index (χ2v) is 6.12. The average Bonchev–Trinajstić information content (AvgIpc) is 3.01. The summed E-state index contributed by atoms with van der Waals surface area (Å²) in [4.78, 5) is 0. The van der Waals surface area contributed by atoms with Gasteiger partial charge < -0.3 is 0 Å². The molecule has 1 unspecified atom stereocenters. The first-order valence-corrected chi connectivity index (χ1v) is 7.35. The minimum atomic E-state index is 0.864. The lowest BCUT2D eigenvalue weighted by Crippen LogP contribution is -2.02. The third-order valence-corrected chi connectivity index (χ3v) is 4.92. The summed E-state index contributed by atoms with van der Waals surface area (Å²) < 4.78 is 0. The molecular formula is C15H28. The van der Waals surface area contributed by atoms with Crippen molar-refractivity contribution < 1.29 is 0 Å². The van der Waals surface area contributed by atoms with Crippen molar-refractivity contribution in [2.24, 2.45) is 11.3 Å². The van der Waals surface area contributed by atoms with Gasteiger partial charge in [-0.1, -0.05) is 58.3 Å². The van der Waals surface area contributed by atoms with E-state index in [0.717, 1.165) is 11.3 Å². The standard InChI is InChI=1S/C15H28/c1-2-14-8-5-3-4-6-10-15(12-13-15)11-7-9-14/h14H,2-13H2,1H3. The largest absolute Gasteiger partial charge is 0.0651 e. The fraction of sp³-hybridized carbons (Fsp3) is 1.00. The van der Waals surface area contributed by atoms with E-state index in [9.17, 15) is 0 Å². The van der Waals surface area contributed by atoms with Crippen molar-refractivity contribution in [1.29, 1.82) is 0 Å². The van der Waals surface area contributed by atoms with Gasteiger partial charge in [-0.05, 0) is 37.0 Å². The summed E-state index contributed by atoms with van der Waals surface area (Å²) in [6.45, 7) is 2.39. The van der Waals surface area contributed by atoms with Crippen LogP contribution in [0.4, 0.5) is 0 Å². The van der Waals surface area contributed by atoms with Gasteiger partial charge in [0.05, 0.1) is 0 Å². The van der Waals surface area contributed by atoms with Crippen molar-refractivity contribution in [1.82, 2.24) is 0 Å². The second kappa shape index (κ2) is 5.37. The molecule has 0 aromatic rings. The molecule has 2 rings (SSSR count). The fourth-order valence-electron chi connectivity index (χ4n) is 3.41. The molecule has 2 aliphatic carbocycles. The van der Waals surface area contributed by atoms with Crippen LogP contribution in [0.3, 0.4) is 0 Å². The Morgan fingerprint density at radius 1 is 0.800 bits per heavy atom. The Morgan fingerprint density at radius 2 is 1.47 bits per heavy atom. The summed E-state index contributed by atoms with van der Waals surface area (Å²) in [6.07, 6.45) is 18.3. The number of hydrogen-bond acceptors (Lipinski definition) is 0. The second-order valence-electron chi connectivity index (χ2n) is 6.12. The Balaban J connectivity index is 1.80. The van der Waals surface area contributed by atoms with E-state index in [1.54, 1.807) is 25.7 Å². The average molecular weight is 208 g/mol. The molecule has 0 aromatic carbocycles. The molecule has 0 radical (unpaired) electrons. The summed E-state index contributed by atoms with van der Waals surface area (Å²) >= 11 is 0. The minimum Gasteiger partial charge on any atom is -0.0651 e. The zero-order chi connectivity index (χ0) is 10.6. The van der Waals surface area contributed by atoms with Crippen molar-refractivity contribution in [3.63, 3.8) is 0 Å². The van der Waals surface area contributed by atoms with Crippen LogP contribution in [0.1, 0.15) is 84.0 Å². The van der Waals surface area contributed by atoms with E-state index in [4.69, 9.17) is 0 Å². The first-order chi connectivity index (χ1) is 7.35. The molecule has 0 heteroatoms. The van der Waals surface area contributed by atoms with Crippen molar-refractivity contribution in [2.75, 3.05) is 0 Å². The third-order valence-electron chi connectivity index (χ3n) is 4.92. The predicted octanol–water partition coefficient (Wildman–Crippen LogP) is 5.32. The molecule has 15 heavy (non-hydrogen) atoms. The van der Waals surface area contributed by atoms with Crippen LogP contribution in [0.5, 0.6) is 0 Å². The van der Waals surface area contributed by atoms with E-state index >= 15 is 0 Å². The van der Waals surface area contributed by atoms with Crippen molar-refractivity contribution in [3.8, 4) is 0 Å². The zero-order valence-electron chi connectivity index (χ0n) is 10.6. The van der Waals surface area contributed by atoms with Gasteiger partial charge in [-0.3, -0.25) is 0 Å². The van der Waals surface area contributed by atoms with Crippen molar-refractivity contribution in [3.05, 3.63) is 0 Å². The van der Waals surface area contributed by atoms with Gasteiger partial charge in [-0.15, -0.1) is 0 Å². The Kier molecular flexibility index (Phi) is 4.11. The Morgan fingerprint density at radius 3 is 2.20 bits per heavy atom. The highest BCUT2D eigenvalue weighted by molar-refractivity contribution is 4.92. The van der Waals surface area contributed by atoms with E-state index in [1.807, 2.05) is 0 Å². The highest BCUT2D eigenvalue weighted by Crippen LogP contribution is 2.54. The van der Waals surface area contributed by atoms with E-state index in [-0.39, 0.29) is 0 Å². The zero-order valence-corrected chi connectivity index (χ0v) is 10.6. The lowest BCUT2D eigenvalue weighted by Gasteiger charge is -2.16. The Hall–Kier alpha value is 0. The molecule has 0 N–H and O–H groups in total. The maximum absolute atomic E-state index is 2.39. The van der Waals surface area contributed by atoms with Gasteiger partial charge in [0.15, 0.2) is 0 Å². The van der Waals surface area contributed by atoms with Gasteiger partial charge in [0.25, 0.3) is 0 Å². The lowest BCUT2D eigenvalue weighted by atomic mass is 9.89. The normalized spacial score (nSPS) is 32.2. The molecule has 88 valence electrons. The lowest BCUT2D eigenvalue weighted by molar-refractivity contribution is 0.362. The van der Waals surface area contributed by atoms with Crippen molar-refractivity contribution >= 4 is 0 Å². The number of hydrogen-bond donors (Lipinski definition) is 0. The van der Waals surface area contributed by atoms with Gasteiger partial charge in [-0.2, -0.15) is 0 Å². The van der Waals surface area contributed by atoms with Crippen LogP contribution < -0.4 is 0 Å². The molecule has 2 saturated carbocycles. The molecule has 0 heterocycles.